The third-order valence-corrected chi connectivity index (χ3v) is 3.24. The SMILES string of the molecule is CCCCCCCCCCc1cc(N)nc(N)c1. The van der Waals surface area contributed by atoms with E-state index in [2.05, 4.69) is 11.9 Å². The first-order valence-corrected chi connectivity index (χ1v) is 7.24. The molecular formula is C15H27N3. The van der Waals surface area contributed by atoms with Crippen molar-refractivity contribution in [1.29, 1.82) is 0 Å². The number of nitrogens with two attached hydrogens (primary N) is 2. The van der Waals surface area contributed by atoms with Crippen molar-refractivity contribution in [3.8, 4) is 0 Å². The first-order valence-electron chi connectivity index (χ1n) is 7.24. The van der Waals surface area contributed by atoms with Crippen molar-refractivity contribution < 1.29 is 0 Å². The second-order valence-electron chi connectivity index (χ2n) is 5.05. The number of anilines is 2. The van der Waals surface area contributed by atoms with E-state index in [0.29, 0.717) is 11.6 Å². The average molecular weight is 249 g/mol. The van der Waals surface area contributed by atoms with E-state index < -0.39 is 0 Å². The Hall–Kier alpha value is -1.25. The monoisotopic (exact) mass is 249 g/mol. The second-order valence-corrected chi connectivity index (χ2v) is 5.05. The summed E-state index contributed by atoms with van der Waals surface area (Å²) < 4.78 is 0. The molecule has 1 heterocycles. The molecular weight excluding hydrogens is 222 g/mol. The molecule has 0 spiro atoms. The molecule has 0 amide bonds. The Morgan fingerprint density at radius 3 is 1.89 bits per heavy atom. The van der Waals surface area contributed by atoms with Crippen LogP contribution in [0.15, 0.2) is 12.1 Å². The standard InChI is InChI=1S/C15H27N3/c1-2-3-4-5-6-7-8-9-10-13-11-14(16)18-15(17)12-13/h11-12H,2-10H2,1H3,(H4,16,17,18). The molecule has 18 heavy (non-hydrogen) atoms. The Morgan fingerprint density at radius 2 is 1.33 bits per heavy atom. The smallest absolute Gasteiger partial charge is 0.126 e. The maximum atomic E-state index is 5.67. The summed E-state index contributed by atoms with van der Waals surface area (Å²) in [6.45, 7) is 2.26. The molecule has 0 unspecified atom stereocenters. The maximum Gasteiger partial charge on any atom is 0.126 e. The molecule has 0 saturated heterocycles. The van der Waals surface area contributed by atoms with Crippen LogP contribution in [0.5, 0.6) is 0 Å². The van der Waals surface area contributed by atoms with Crippen LogP contribution in [0.3, 0.4) is 0 Å². The zero-order valence-electron chi connectivity index (χ0n) is 11.6. The molecule has 0 fully saturated rings. The zero-order valence-corrected chi connectivity index (χ0v) is 11.6. The molecule has 0 aliphatic carbocycles. The quantitative estimate of drug-likeness (QED) is 0.652. The summed E-state index contributed by atoms with van der Waals surface area (Å²) in [5.74, 6) is 1.06. The van der Waals surface area contributed by atoms with E-state index in [1.165, 1.54) is 56.9 Å². The number of nitrogens with zero attached hydrogens (tertiary/aromatic N) is 1. The first-order chi connectivity index (χ1) is 8.72. The van der Waals surface area contributed by atoms with Gasteiger partial charge in [0, 0.05) is 0 Å². The van der Waals surface area contributed by atoms with Crippen molar-refractivity contribution >= 4 is 11.6 Å². The average Bonchev–Trinajstić information content (AvgIpc) is 2.31. The molecule has 4 N–H and O–H groups in total. The van der Waals surface area contributed by atoms with E-state index in [1.807, 2.05) is 12.1 Å². The van der Waals surface area contributed by atoms with E-state index in [-0.39, 0.29) is 0 Å². The highest BCUT2D eigenvalue weighted by Gasteiger charge is 1.98. The summed E-state index contributed by atoms with van der Waals surface area (Å²) in [5.41, 5.74) is 12.5. The zero-order chi connectivity index (χ0) is 13.2. The number of aromatic nitrogens is 1. The molecule has 0 atom stereocenters. The molecule has 0 aliphatic heterocycles. The van der Waals surface area contributed by atoms with Gasteiger partial charge in [-0.3, -0.25) is 0 Å². The van der Waals surface area contributed by atoms with Gasteiger partial charge in [-0.15, -0.1) is 0 Å². The maximum absolute atomic E-state index is 5.67. The Kier molecular flexibility index (Phi) is 7.23. The van der Waals surface area contributed by atoms with Gasteiger partial charge in [0.1, 0.15) is 11.6 Å². The van der Waals surface area contributed by atoms with Crippen LogP contribution < -0.4 is 11.5 Å². The van der Waals surface area contributed by atoms with Crippen LogP contribution in [0.4, 0.5) is 11.6 Å². The first kappa shape index (κ1) is 14.8. The number of aryl methyl sites for hydroxylation is 1. The van der Waals surface area contributed by atoms with Gasteiger partial charge in [0.05, 0.1) is 0 Å². The topological polar surface area (TPSA) is 64.9 Å². The molecule has 0 saturated carbocycles. The predicted octanol–water partition coefficient (Wildman–Crippen LogP) is 3.93. The third kappa shape index (κ3) is 6.48. The van der Waals surface area contributed by atoms with E-state index in [9.17, 15) is 0 Å². The Labute approximate surface area is 111 Å². The van der Waals surface area contributed by atoms with Crippen molar-refractivity contribution in [2.24, 2.45) is 0 Å². The highest BCUT2D eigenvalue weighted by molar-refractivity contribution is 5.43. The predicted molar refractivity (Wildman–Crippen MR) is 79.4 cm³/mol. The molecule has 102 valence electrons. The largest absolute Gasteiger partial charge is 0.384 e. The van der Waals surface area contributed by atoms with Crippen molar-refractivity contribution in [3.05, 3.63) is 17.7 Å². The fraction of sp³-hybridized carbons (Fsp3) is 0.667. The minimum atomic E-state index is 0.532. The van der Waals surface area contributed by atoms with Crippen LogP contribution in [0, 0.1) is 0 Å². The van der Waals surface area contributed by atoms with E-state index >= 15 is 0 Å². The molecule has 0 radical (unpaired) electrons. The molecule has 3 nitrogen and oxygen atoms in total. The van der Waals surface area contributed by atoms with Gasteiger partial charge in [-0.2, -0.15) is 0 Å². The molecule has 1 aromatic heterocycles. The lowest BCUT2D eigenvalue weighted by molar-refractivity contribution is 0.575. The summed E-state index contributed by atoms with van der Waals surface area (Å²) in [6.07, 6.45) is 11.8. The summed E-state index contributed by atoms with van der Waals surface area (Å²) >= 11 is 0. The van der Waals surface area contributed by atoms with Gasteiger partial charge in [0.2, 0.25) is 0 Å². The minimum absolute atomic E-state index is 0.532. The Bertz CT molecular complexity index is 316. The van der Waals surface area contributed by atoms with Crippen LogP contribution >= 0.6 is 0 Å². The van der Waals surface area contributed by atoms with Crippen molar-refractivity contribution in [1.82, 2.24) is 4.98 Å². The molecule has 0 aliphatic rings. The van der Waals surface area contributed by atoms with Gasteiger partial charge in [0.25, 0.3) is 0 Å². The summed E-state index contributed by atoms with van der Waals surface area (Å²) in [7, 11) is 0. The Morgan fingerprint density at radius 1 is 0.833 bits per heavy atom. The van der Waals surface area contributed by atoms with Gasteiger partial charge in [-0.1, -0.05) is 51.9 Å². The van der Waals surface area contributed by atoms with Crippen molar-refractivity contribution in [2.75, 3.05) is 11.5 Å². The van der Waals surface area contributed by atoms with Crippen molar-refractivity contribution in [3.63, 3.8) is 0 Å². The summed E-state index contributed by atoms with van der Waals surface area (Å²) in [6, 6.07) is 3.86. The lowest BCUT2D eigenvalue weighted by Crippen LogP contribution is -1.98. The number of nitrogen functional groups attached to an aromatic ring is 2. The van der Waals surface area contributed by atoms with Crippen LogP contribution in [-0.4, -0.2) is 4.98 Å². The lowest BCUT2D eigenvalue weighted by atomic mass is 10.0. The normalized spacial score (nSPS) is 10.7. The van der Waals surface area contributed by atoms with Crippen LogP contribution in [0.1, 0.15) is 63.9 Å². The van der Waals surface area contributed by atoms with E-state index in [4.69, 9.17) is 11.5 Å². The molecule has 1 rings (SSSR count). The fourth-order valence-corrected chi connectivity index (χ4v) is 2.24. The molecule has 3 heteroatoms. The van der Waals surface area contributed by atoms with E-state index in [1.54, 1.807) is 0 Å². The van der Waals surface area contributed by atoms with Crippen LogP contribution in [0.25, 0.3) is 0 Å². The number of unbranched alkanes of at least 4 members (excludes halogenated alkanes) is 7. The molecule has 0 bridgehead atoms. The van der Waals surface area contributed by atoms with Gasteiger partial charge >= 0.3 is 0 Å². The van der Waals surface area contributed by atoms with Gasteiger partial charge < -0.3 is 11.5 Å². The number of hydrogen-bond donors (Lipinski definition) is 2. The second kappa shape index (κ2) is 8.78. The highest BCUT2D eigenvalue weighted by atomic mass is 14.9. The summed E-state index contributed by atoms with van der Waals surface area (Å²) in [4.78, 5) is 3.98. The third-order valence-electron chi connectivity index (χ3n) is 3.24. The fourth-order valence-electron chi connectivity index (χ4n) is 2.24. The highest BCUT2D eigenvalue weighted by Crippen LogP contribution is 2.14. The minimum Gasteiger partial charge on any atom is -0.384 e. The van der Waals surface area contributed by atoms with Crippen LogP contribution in [0.2, 0.25) is 0 Å². The van der Waals surface area contributed by atoms with E-state index in [0.717, 1.165) is 6.42 Å². The number of pyridine rings is 1. The summed E-state index contributed by atoms with van der Waals surface area (Å²) in [5, 5.41) is 0. The van der Waals surface area contributed by atoms with Gasteiger partial charge in [0.15, 0.2) is 0 Å². The molecule has 0 aromatic carbocycles. The van der Waals surface area contributed by atoms with Crippen molar-refractivity contribution in [2.45, 2.75) is 64.7 Å². The number of rotatable bonds is 9. The van der Waals surface area contributed by atoms with Gasteiger partial charge in [-0.05, 0) is 30.5 Å². The Balaban J connectivity index is 2.07. The number of hydrogen-bond acceptors (Lipinski definition) is 3. The molecule has 1 aromatic rings. The van der Waals surface area contributed by atoms with Crippen LogP contribution in [-0.2, 0) is 6.42 Å². The van der Waals surface area contributed by atoms with Gasteiger partial charge in [-0.25, -0.2) is 4.98 Å². The lowest BCUT2D eigenvalue weighted by Gasteiger charge is -2.04.